The van der Waals surface area contributed by atoms with E-state index in [4.69, 9.17) is 22.6 Å². The minimum atomic E-state index is 0.0746. The van der Waals surface area contributed by atoms with E-state index >= 15 is 0 Å². The van der Waals surface area contributed by atoms with Gasteiger partial charge in [0.1, 0.15) is 11.8 Å². The number of nitrogens with two attached hydrogens (primary N) is 1. The Morgan fingerprint density at radius 2 is 1.48 bits per heavy atom. The number of pyridine rings is 2. The van der Waals surface area contributed by atoms with Crippen LogP contribution in [0.4, 0.5) is 0 Å². The lowest BCUT2D eigenvalue weighted by molar-refractivity contribution is 0.385. The molecule has 6 nitrogen and oxygen atoms in total. The first-order valence-electron chi connectivity index (χ1n) is 10.6. The van der Waals surface area contributed by atoms with Crippen LogP contribution in [-0.2, 0) is 0 Å². The van der Waals surface area contributed by atoms with E-state index in [0.29, 0.717) is 5.69 Å². The number of nitriles is 1. The second-order valence-corrected chi connectivity index (χ2v) is 8.37. The number of hydrogen-bond donors (Lipinski definition) is 1. The van der Waals surface area contributed by atoms with Gasteiger partial charge in [0.05, 0.1) is 5.69 Å². The zero-order valence-electron chi connectivity index (χ0n) is 20.0. The summed E-state index contributed by atoms with van der Waals surface area (Å²) in [5, 5.41) is 8.32. The Bertz CT molecular complexity index is 723. The molecule has 0 saturated heterocycles. The molecule has 31 heavy (non-hydrogen) atoms. The summed E-state index contributed by atoms with van der Waals surface area (Å²) >= 11 is 5.42. The molecule has 0 aliphatic rings. The van der Waals surface area contributed by atoms with Crippen molar-refractivity contribution in [2.45, 2.75) is 39.2 Å². The van der Waals surface area contributed by atoms with Crippen molar-refractivity contribution in [3.63, 3.8) is 0 Å². The van der Waals surface area contributed by atoms with E-state index in [-0.39, 0.29) is 6.04 Å². The summed E-state index contributed by atoms with van der Waals surface area (Å²) in [6.45, 7) is 6.16. The molecule has 1 atom stereocenters. The third-order valence-corrected chi connectivity index (χ3v) is 4.47. The van der Waals surface area contributed by atoms with Crippen LogP contribution in [0.25, 0.3) is 0 Å². The van der Waals surface area contributed by atoms with Crippen molar-refractivity contribution < 1.29 is 0 Å². The zero-order valence-corrected chi connectivity index (χ0v) is 20.7. The summed E-state index contributed by atoms with van der Waals surface area (Å²) in [4.78, 5) is 12.5. The lowest BCUT2D eigenvalue weighted by Crippen LogP contribution is -2.17. The van der Waals surface area contributed by atoms with Crippen molar-refractivity contribution in [3.8, 4) is 6.07 Å². The SMILES string of the molecule is CN(C)CCCCl.Cc1ccc(C#N)nc1.Cc1ccc(C(N)CCCN(C)C)nc1. The van der Waals surface area contributed by atoms with Gasteiger partial charge in [0, 0.05) is 24.3 Å². The zero-order chi connectivity index (χ0) is 23.6. The quantitative estimate of drug-likeness (QED) is 0.612. The van der Waals surface area contributed by atoms with E-state index in [0.717, 1.165) is 49.5 Å². The first-order valence-corrected chi connectivity index (χ1v) is 11.1. The van der Waals surface area contributed by atoms with E-state index < -0.39 is 0 Å². The number of halogens is 1. The molecule has 0 saturated carbocycles. The fraction of sp³-hybridized carbons (Fsp3) is 0.542. The molecule has 0 aromatic carbocycles. The van der Waals surface area contributed by atoms with Gasteiger partial charge in [-0.2, -0.15) is 5.26 Å². The summed E-state index contributed by atoms with van der Waals surface area (Å²) in [6, 6.07) is 9.68. The molecule has 2 N–H and O–H groups in total. The molecular weight excluding hydrogens is 408 g/mol. The Morgan fingerprint density at radius 3 is 1.87 bits per heavy atom. The van der Waals surface area contributed by atoms with Crippen LogP contribution in [0, 0.1) is 25.2 Å². The Morgan fingerprint density at radius 1 is 0.935 bits per heavy atom. The molecular formula is C24H39ClN6. The van der Waals surface area contributed by atoms with Crippen molar-refractivity contribution in [1.29, 1.82) is 5.26 Å². The van der Waals surface area contributed by atoms with Crippen molar-refractivity contribution in [2.24, 2.45) is 5.73 Å². The van der Waals surface area contributed by atoms with E-state index in [1.807, 2.05) is 52.3 Å². The normalized spacial score (nSPS) is 11.1. The summed E-state index contributed by atoms with van der Waals surface area (Å²) in [7, 11) is 8.25. The fourth-order valence-corrected chi connectivity index (χ4v) is 2.50. The number of aromatic nitrogens is 2. The molecule has 7 heteroatoms. The lowest BCUT2D eigenvalue weighted by Gasteiger charge is -2.13. The summed E-state index contributed by atoms with van der Waals surface area (Å²) in [5.41, 5.74) is 9.78. The highest BCUT2D eigenvalue weighted by Crippen LogP contribution is 2.13. The molecule has 0 radical (unpaired) electrons. The number of aryl methyl sites for hydroxylation is 2. The monoisotopic (exact) mass is 446 g/mol. The number of alkyl halides is 1. The predicted octanol–water partition coefficient (Wildman–Crippen LogP) is 4.17. The smallest absolute Gasteiger partial charge is 0.140 e. The molecule has 0 aliphatic carbocycles. The van der Waals surface area contributed by atoms with Crippen LogP contribution in [0.15, 0.2) is 36.7 Å². The molecule has 0 aliphatic heterocycles. The van der Waals surface area contributed by atoms with Crippen LogP contribution < -0.4 is 5.73 Å². The van der Waals surface area contributed by atoms with E-state index in [2.05, 4.69) is 39.9 Å². The standard InChI is InChI=1S/C12H21N3.C7H6N2.C5H12ClN/c1-10-6-7-12(14-9-10)11(13)5-4-8-15(2)3;1-6-2-3-7(4-8)9-5-6;1-7(2)5-3-4-6/h6-7,9,11H,4-5,8,13H2,1-3H3;2-3,5H,1H3;3-5H2,1-2H3. The molecule has 0 bridgehead atoms. The molecule has 2 aromatic heterocycles. The number of hydrogen-bond acceptors (Lipinski definition) is 6. The summed E-state index contributed by atoms with van der Waals surface area (Å²) in [6.07, 6.45) is 6.76. The van der Waals surface area contributed by atoms with E-state index in [1.54, 1.807) is 12.3 Å². The van der Waals surface area contributed by atoms with E-state index in [9.17, 15) is 0 Å². The topological polar surface area (TPSA) is 82.1 Å². The van der Waals surface area contributed by atoms with Crippen LogP contribution in [0.3, 0.4) is 0 Å². The van der Waals surface area contributed by atoms with Crippen LogP contribution in [0.1, 0.15) is 47.8 Å². The first kappa shape index (κ1) is 29.0. The Kier molecular flexibility index (Phi) is 16.5. The average molecular weight is 447 g/mol. The van der Waals surface area contributed by atoms with Crippen molar-refractivity contribution in [2.75, 3.05) is 47.2 Å². The predicted molar refractivity (Wildman–Crippen MR) is 131 cm³/mol. The van der Waals surface area contributed by atoms with Crippen LogP contribution >= 0.6 is 11.6 Å². The van der Waals surface area contributed by atoms with Crippen LogP contribution in [0.2, 0.25) is 0 Å². The van der Waals surface area contributed by atoms with Gasteiger partial charge in [0.2, 0.25) is 0 Å². The van der Waals surface area contributed by atoms with Crippen LogP contribution in [0.5, 0.6) is 0 Å². The molecule has 0 fully saturated rings. The molecule has 1 unspecified atom stereocenters. The Balaban J connectivity index is 0.000000479. The molecule has 2 heterocycles. The summed E-state index contributed by atoms with van der Waals surface area (Å²) in [5.74, 6) is 0.776. The summed E-state index contributed by atoms with van der Waals surface area (Å²) < 4.78 is 0. The highest BCUT2D eigenvalue weighted by atomic mass is 35.5. The highest BCUT2D eigenvalue weighted by Gasteiger charge is 2.06. The molecule has 0 spiro atoms. The maximum atomic E-state index is 8.32. The van der Waals surface area contributed by atoms with Gasteiger partial charge in [-0.25, -0.2) is 4.98 Å². The second-order valence-electron chi connectivity index (χ2n) is 7.99. The van der Waals surface area contributed by atoms with Gasteiger partial charge in [0.25, 0.3) is 0 Å². The Labute approximate surface area is 194 Å². The van der Waals surface area contributed by atoms with Gasteiger partial charge in [0.15, 0.2) is 0 Å². The lowest BCUT2D eigenvalue weighted by atomic mass is 10.1. The van der Waals surface area contributed by atoms with E-state index in [1.165, 1.54) is 5.56 Å². The average Bonchev–Trinajstić information content (AvgIpc) is 2.74. The Hall–Kier alpha value is -2.04. The van der Waals surface area contributed by atoms with Crippen molar-refractivity contribution in [1.82, 2.24) is 19.8 Å². The molecule has 0 amide bonds. The number of nitrogens with zero attached hydrogens (tertiary/aromatic N) is 5. The third kappa shape index (κ3) is 16.3. The molecule has 172 valence electrons. The molecule has 2 aromatic rings. The molecule has 2 rings (SSSR count). The maximum Gasteiger partial charge on any atom is 0.140 e. The minimum absolute atomic E-state index is 0.0746. The minimum Gasteiger partial charge on any atom is -0.323 e. The van der Waals surface area contributed by atoms with Gasteiger partial charge in [-0.3, -0.25) is 4.98 Å². The van der Waals surface area contributed by atoms with Gasteiger partial charge in [-0.15, -0.1) is 11.6 Å². The second kappa shape index (κ2) is 17.6. The largest absolute Gasteiger partial charge is 0.323 e. The third-order valence-electron chi connectivity index (χ3n) is 4.20. The van der Waals surface area contributed by atoms with Gasteiger partial charge in [-0.05, 0) is 97.6 Å². The van der Waals surface area contributed by atoms with Crippen molar-refractivity contribution in [3.05, 3.63) is 59.2 Å². The first-order chi connectivity index (χ1) is 14.7. The van der Waals surface area contributed by atoms with Gasteiger partial charge >= 0.3 is 0 Å². The van der Waals surface area contributed by atoms with Crippen LogP contribution in [-0.4, -0.2) is 66.9 Å². The highest BCUT2D eigenvalue weighted by molar-refractivity contribution is 6.17. The number of rotatable bonds is 8. The van der Waals surface area contributed by atoms with Gasteiger partial charge in [-0.1, -0.05) is 12.1 Å². The van der Waals surface area contributed by atoms with Gasteiger partial charge < -0.3 is 15.5 Å². The fourth-order valence-electron chi connectivity index (χ4n) is 2.38. The maximum absolute atomic E-state index is 8.32. The van der Waals surface area contributed by atoms with Crippen molar-refractivity contribution >= 4 is 11.6 Å².